The first-order chi connectivity index (χ1) is 10.1. The molecule has 2 rings (SSSR count). The van der Waals surface area contributed by atoms with Gasteiger partial charge in [0.1, 0.15) is 18.5 Å². The van der Waals surface area contributed by atoms with Crippen LogP contribution in [0.3, 0.4) is 0 Å². The lowest BCUT2D eigenvalue weighted by Gasteiger charge is -2.15. The zero-order valence-corrected chi connectivity index (χ0v) is 14.1. The molecular weight excluding hydrogens is 377 g/mol. The van der Waals surface area contributed by atoms with Crippen LogP contribution in [0.25, 0.3) is 0 Å². The van der Waals surface area contributed by atoms with E-state index in [0.29, 0.717) is 22.3 Å². The third-order valence-electron chi connectivity index (χ3n) is 2.73. The van der Waals surface area contributed by atoms with Crippen LogP contribution in [0.1, 0.15) is 0 Å². The van der Waals surface area contributed by atoms with Crippen molar-refractivity contribution in [3.05, 3.63) is 57.0 Å². The first kappa shape index (κ1) is 16.4. The van der Waals surface area contributed by atoms with E-state index in [-0.39, 0.29) is 6.61 Å². The summed E-state index contributed by atoms with van der Waals surface area (Å²) in [6.07, 6.45) is -0.680. The lowest BCUT2D eigenvalue weighted by molar-refractivity contribution is 0.117. The molecule has 0 radical (unpaired) electrons. The zero-order chi connectivity index (χ0) is 15.2. The van der Waals surface area contributed by atoms with E-state index >= 15 is 0 Å². The van der Waals surface area contributed by atoms with Gasteiger partial charge >= 0.3 is 0 Å². The molecule has 1 unspecified atom stereocenters. The molecule has 2 aromatic rings. The number of hydrogen-bond acceptors (Lipinski definition) is 3. The average molecular weight is 391 g/mol. The van der Waals surface area contributed by atoms with E-state index in [2.05, 4.69) is 21.2 Å². The highest BCUT2D eigenvalue weighted by Crippen LogP contribution is 2.26. The molecule has 0 saturated heterocycles. The van der Waals surface area contributed by atoms with Gasteiger partial charge in [-0.25, -0.2) is 0 Å². The summed E-state index contributed by atoms with van der Waals surface area (Å²) >= 11 is 15.4. The monoisotopic (exact) mass is 389 g/mol. The van der Waals surface area contributed by atoms with Crippen LogP contribution in [0.15, 0.2) is 46.9 Å². The number of nitrogens with one attached hydrogen (secondary N) is 1. The molecule has 0 fully saturated rings. The first-order valence-corrected chi connectivity index (χ1v) is 7.85. The molecular formula is C15H14BrCl2NO2. The van der Waals surface area contributed by atoms with Crippen LogP contribution in [0.5, 0.6) is 5.75 Å². The molecule has 0 bridgehead atoms. The highest BCUT2D eigenvalue weighted by Gasteiger charge is 2.08. The summed E-state index contributed by atoms with van der Waals surface area (Å²) in [6, 6.07) is 12.7. The summed E-state index contributed by atoms with van der Waals surface area (Å²) in [5.74, 6) is 0.555. The van der Waals surface area contributed by atoms with Gasteiger partial charge in [-0.15, -0.1) is 0 Å². The topological polar surface area (TPSA) is 41.5 Å². The summed E-state index contributed by atoms with van der Waals surface area (Å²) in [5.41, 5.74) is 0.761. The van der Waals surface area contributed by atoms with E-state index < -0.39 is 6.10 Å². The number of halogens is 3. The third kappa shape index (κ3) is 5.08. The molecule has 3 nitrogen and oxygen atoms in total. The second kappa shape index (κ2) is 7.90. The van der Waals surface area contributed by atoms with Gasteiger partial charge in [0.2, 0.25) is 0 Å². The van der Waals surface area contributed by atoms with Crippen molar-refractivity contribution in [2.45, 2.75) is 6.10 Å². The fraction of sp³-hybridized carbons (Fsp3) is 0.200. The molecule has 21 heavy (non-hydrogen) atoms. The molecule has 0 spiro atoms. The van der Waals surface area contributed by atoms with Crippen molar-refractivity contribution < 1.29 is 9.84 Å². The average Bonchev–Trinajstić information content (AvgIpc) is 2.45. The Kier molecular flexibility index (Phi) is 6.18. The molecule has 6 heteroatoms. The second-order valence-electron chi connectivity index (χ2n) is 4.40. The van der Waals surface area contributed by atoms with Crippen molar-refractivity contribution in [1.82, 2.24) is 0 Å². The smallest absolute Gasteiger partial charge is 0.138 e. The fourth-order valence-corrected chi connectivity index (χ4v) is 2.60. The number of aliphatic hydroxyl groups is 1. The molecule has 0 aliphatic rings. The maximum absolute atomic E-state index is 9.93. The van der Waals surface area contributed by atoms with Crippen molar-refractivity contribution in [3.8, 4) is 5.75 Å². The highest BCUT2D eigenvalue weighted by molar-refractivity contribution is 9.10. The van der Waals surface area contributed by atoms with Gasteiger partial charge < -0.3 is 15.2 Å². The Hall–Kier alpha value is -0.940. The molecule has 112 valence electrons. The third-order valence-corrected chi connectivity index (χ3v) is 3.85. The van der Waals surface area contributed by atoms with Gasteiger partial charge in [0.25, 0.3) is 0 Å². The molecule has 2 aromatic carbocycles. The molecule has 1 atom stereocenters. The second-order valence-corrected chi connectivity index (χ2v) is 6.13. The van der Waals surface area contributed by atoms with Crippen LogP contribution in [-0.2, 0) is 0 Å². The van der Waals surface area contributed by atoms with Crippen molar-refractivity contribution in [3.63, 3.8) is 0 Å². The standard InChI is InChI=1S/C15H14BrCl2NO2/c16-10-5-6-14(13(18)7-10)19-8-11(20)9-21-15-4-2-1-3-12(15)17/h1-7,11,19-20H,8-9H2. The van der Waals surface area contributed by atoms with Crippen molar-refractivity contribution in [2.75, 3.05) is 18.5 Å². The van der Waals surface area contributed by atoms with Gasteiger partial charge in [-0.2, -0.15) is 0 Å². The molecule has 0 saturated carbocycles. The highest BCUT2D eigenvalue weighted by atomic mass is 79.9. The maximum atomic E-state index is 9.93. The minimum absolute atomic E-state index is 0.144. The number of para-hydroxylation sites is 1. The fourth-order valence-electron chi connectivity index (χ4n) is 1.67. The van der Waals surface area contributed by atoms with Gasteiger partial charge in [0, 0.05) is 11.0 Å². The van der Waals surface area contributed by atoms with Crippen molar-refractivity contribution >= 4 is 44.8 Å². The molecule has 0 aliphatic heterocycles. The van der Waals surface area contributed by atoms with E-state index in [4.69, 9.17) is 27.9 Å². The lowest BCUT2D eigenvalue weighted by Crippen LogP contribution is -2.26. The van der Waals surface area contributed by atoms with Crippen molar-refractivity contribution in [2.24, 2.45) is 0 Å². The Labute approximate surface area is 142 Å². The molecule has 2 N–H and O–H groups in total. The van der Waals surface area contributed by atoms with E-state index in [9.17, 15) is 5.11 Å². The Balaban J connectivity index is 1.82. The number of hydrogen-bond donors (Lipinski definition) is 2. The predicted octanol–water partition coefficient (Wildman–Crippen LogP) is 4.61. The maximum Gasteiger partial charge on any atom is 0.138 e. The van der Waals surface area contributed by atoms with Gasteiger partial charge in [-0.1, -0.05) is 51.3 Å². The van der Waals surface area contributed by atoms with Crippen LogP contribution in [0.4, 0.5) is 5.69 Å². The molecule has 0 amide bonds. The summed E-state index contributed by atoms with van der Waals surface area (Å²) in [6.45, 7) is 0.469. The summed E-state index contributed by atoms with van der Waals surface area (Å²) in [7, 11) is 0. The minimum atomic E-state index is -0.680. The Morgan fingerprint density at radius 1 is 1.14 bits per heavy atom. The minimum Gasteiger partial charge on any atom is -0.489 e. The largest absolute Gasteiger partial charge is 0.489 e. The first-order valence-electron chi connectivity index (χ1n) is 6.30. The lowest BCUT2D eigenvalue weighted by atomic mass is 10.3. The summed E-state index contributed by atoms with van der Waals surface area (Å²) in [5, 5.41) is 14.1. The van der Waals surface area contributed by atoms with Crippen LogP contribution in [-0.4, -0.2) is 24.4 Å². The summed E-state index contributed by atoms with van der Waals surface area (Å²) < 4.78 is 6.38. The van der Waals surface area contributed by atoms with Gasteiger partial charge in [0.15, 0.2) is 0 Å². The molecule has 0 heterocycles. The zero-order valence-electron chi connectivity index (χ0n) is 11.0. The van der Waals surface area contributed by atoms with Crippen molar-refractivity contribution in [1.29, 1.82) is 0 Å². The van der Waals surface area contributed by atoms with E-state index in [1.807, 2.05) is 24.3 Å². The van der Waals surface area contributed by atoms with Gasteiger partial charge in [-0.3, -0.25) is 0 Å². The summed E-state index contributed by atoms with van der Waals surface area (Å²) in [4.78, 5) is 0. The predicted molar refractivity (Wildman–Crippen MR) is 90.6 cm³/mol. The number of aliphatic hydroxyl groups excluding tert-OH is 1. The number of ether oxygens (including phenoxy) is 1. The molecule has 0 aliphatic carbocycles. The quantitative estimate of drug-likeness (QED) is 0.756. The molecule has 0 aromatic heterocycles. The Bertz CT molecular complexity index is 610. The van der Waals surface area contributed by atoms with Gasteiger partial charge in [-0.05, 0) is 30.3 Å². The van der Waals surface area contributed by atoms with Crippen LogP contribution < -0.4 is 10.1 Å². The van der Waals surface area contributed by atoms with E-state index in [1.165, 1.54) is 0 Å². The van der Waals surface area contributed by atoms with Crippen LogP contribution in [0.2, 0.25) is 10.0 Å². The van der Waals surface area contributed by atoms with E-state index in [1.54, 1.807) is 18.2 Å². The SMILES string of the molecule is OC(CNc1ccc(Br)cc1Cl)COc1ccccc1Cl. The Morgan fingerprint density at radius 2 is 1.90 bits per heavy atom. The number of rotatable bonds is 6. The van der Waals surface area contributed by atoms with Crippen LogP contribution in [0, 0.1) is 0 Å². The van der Waals surface area contributed by atoms with Gasteiger partial charge in [0.05, 0.1) is 15.7 Å². The van der Waals surface area contributed by atoms with E-state index in [0.717, 1.165) is 10.2 Å². The normalized spacial score (nSPS) is 12.0. The number of anilines is 1. The Morgan fingerprint density at radius 3 is 2.62 bits per heavy atom. The van der Waals surface area contributed by atoms with Crippen LogP contribution >= 0.6 is 39.1 Å². The number of benzene rings is 2.